The number of aliphatic carboxylic acids is 1. The maximum Gasteiger partial charge on any atom is 0.317 e. The topological polar surface area (TPSA) is 66.8 Å². The van der Waals surface area contributed by atoms with Crippen LogP contribution in [0.3, 0.4) is 0 Å². The number of nitrogens with zero attached hydrogens (tertiary/aromatic N) is 1. The summed E-state index contributed by atoms with van der Waals surface area (Å²) in [6, 6.07) is 14.8. The number of rotatable bonds is 10. The Hall–Kier alpha value is -3.03. The number of carboxylic acids is 1. The summed E-state index contributed by atoms with van der Waals surface area (Å²) >= 11 is 1.46. The van der Waals surface area contributed by atoms with Gasteiger partial charge in [-0.2, -0.15) is 11.3 Å². The first-order chi connectivity index (χ1) is 14.4. The molecule has 0 aliphatic carbocycles. The predicted octanol–water partition coefficient (Wildman–Crippen LogP) is 4.64. The van der Waals surface area contributed by atoms with Gasteiger partial charge in [0.25, 0.3) is 0 Å². The Morgan fingerprint density at radius 2 is 1.90 bits per heavy atom. The van der Waals surface area contributed by atoms with E-state index < -0.39 is 12.1 Å². The lowest BCUT2D eigenvalue weighted by Crippen LogP contribution is -2.28. The molecule has 3 aromatic rings. The van der Waals surface area contributed by atoms with E-state index in [9.17, 15) is 14.0 Å². The van der Waals surface area contributed by atoms with Gasteiger partial charge in [0.05, 0.1) is 6.54 Å². The fourth-order valence-electron chi connectivity index (χ4n) is 3.05. The summed E-state index contributed by atoms with van der Waals surface area (Å²) < 4.78 is 19.5. The molecule has 0 saturated carbocycles. The average molecular weight is 427 g/mol. The summed E-state index contributed by atoms with van der Waals surface area (Å²) in [5, 5.41) is 12.6. The number of thiophene rings is 1. The van der Waals surface area contributed by atoms with Crippen molar-refractivity contribution in [3.8, 4) is 5.75 Å². The van der Waals surface area contributed by atoms with Crippen LogP contribution in [-0.4, -0.2) is 41.9 Å². The van der Waals surface area contributed by atoms with Gasteiger partial charge in [0.15, 0.2) is 5.78 Å². The molecule has 30 heavy (non-hydrogen) atoms. The zero-order chi connectivity index (χ0) is 21.5. The van der Waals surface area contributed by atoms with Crippen molar-refractivity contribution in [2.24, 2.45) is 0 Å². The van der Waals surface area contributed by atoms with Gasteiger partial charge >= 0.3 is 5.97 Å². The summed E-state index contributed by atoms with van der Waals surface area (Å²) in [5.74, 6) is -0.812. The molecule has 1 unspecified atom stereocenters. The summed E-state index contributed by atoms with van der Waals surface area (Å²) in [6.45, 7) is 0.392. The number of carbonyl (C=O) groups is 2. The highest BCUT2D eigenvalue weighted by Crippen LogP contribution is 2.27. The highest BCUT2D eigenvalue weighted by atomic mass is 32.1. The van der Waals surface area contributed by atoms with Crippen LogP contribution >= 0.6 is 11.3 Å². The second-order valence-electron chi connectivity index (χ2n) is 6.95. The molecule has 0 radical (unpaired) electrons. The normalized spacial score (nSPS) is 12.0. The van der Waals surface area contributed by atoms with Crippen LogP contribution in [0.5, 0.6) is 5.75 Å². The molecule has 0 fully saturated rings. The smallest absolute Gasteiger partial charge is 0.317 e. The van der Waals surface area contributed by atoms with Gasteiger partial charge in [-0.1, -0.05) is 24.3 Å². The lowest BCUT2D eigenvalue weighted by molar-refractivity contribution is -0.138. The van der Waals surface area contributed by atoms with Crippen LogP contribution in [-0.2, 0) is 4.79 Å². The molecular formula is C23H22FNO4S. The van der Waals surface area contributed by atoms with Crippen LogP contribution < -0.4 is 4.74 Å². The Morgan fingerprint density at radius 3 is 2.57 bits per heavy atom. The molecule has 0 spiro atoms. The Bertz CT molecular complexity index is 989. The van der Waals surface area contributed by atoms with Gasteiger partial charge in [-0.15, -0.1) is 0 Å². The lowest BCUT2D eigenvalue weighted by Gasteiger charge is -2.23. The third-order valence-electron chi connectivity index (χ3n) is 4.58. The van der Waals surface area contributed by atoms with Crippen LogP contribution in [0.25, 0.3) is 0 Å². The number of hydrogen-bond donors (Lipinski definition) is 1. The van der Waals surface area contributed by atoms with E-state index in [2.05, 4.69) is 0 Å². The van der Waals surface area contributed by atoms with Crippen LogP contribution in [0.1, 0.15) is 34.0 Å². The fourth-order valence-corrected chi connectivity index (χ4v) is 3.69. The number of likely N-dealkylation sites (N-methyl/N-ethyl adjacent to an activating group) is 1. The van der Waals surface area contributed by atoms with Gasteiger partial charge in [0.1, 0.15) is 17.7 Å². The maximum atomic E-state index is 13.4. The van der Waals surface area contributed by atoms with E-state index in [4.69, 9.17) is 9.84 Å². The molecule has 156 valence electrons. The summed E-state index contributed by atoms with van der Waals surface area (Å²) in [4.78, 5) is 25.2. The predicted molar refractivity (Wildman–Crippen MR) is 114 cm³/mol. The van der Waals surface area contributed by atoms with Gasteiger partial charge in [0.2, 0.25) is 0 Å². The molecule has 0 amide bonds. The van der Waals surface area contributed by atoms with Gasteiger partial charge in [-0.05, 0) is 48.3 Å². The molecule has 0 aliphatic heterocycles. The van der Waals surface area contributed by atoms with Crippen molar-refractivity contribution < 1.29 is 23.8 Å². The highest BCUT2D eigenvalue weighted by Gasteiger charge is 2.17. The second kappa shape index (κ2) is 10.1. The van der Waals surface area contributed by atoms with Gasteiger partial charge < -0.3 is 9.84 Å². The van der Waals surface area contributed by atoms with Crippen molar-refractivity contribution in [2.45, 2.75) is 12.5 Å². The summed E-state index contributed by atoms with van der Waals surface area (Å²) in [5.41, 5.74) is 1.92. The molecule has 5 nitrogen and oxygen atoms in total. The van der Waals surface area contributed by atoms with Crippen LogP contribution in [0.2, 0.25) is 0 Å². The average Bonchev–Trinajstić information content (AvgIpc) is 3.26. The van der Waals surface area contributed by atoms with E-state index in [0.717, 1.165) is 5.56 Å². The number of carboxylic acid groups (broad SMARTS) is 1. The van der Waals surface area contributed by atoms with E-state index in [1.165, 1.54) is 23.5 Å². The third-order valence-corrected chi connectivity index (χ3v) is 5.26. The molecule has 1 aromatic heterocycles. The monoisotopic (exact) mass is 427 g/mol. The Balaban J connectivity index is 1.78. The van der Waals surface area contributed by atoms with E-state index >= 15 is 0 Å². The van der Waals surface area contributed by atoms with Crippen LogP contribution in [0, 0.1) is 5.82 Å². The van der Waals surface area contributed by atoms with Crippen molar-refractivity contribution in [1.29, 1.82) is 0 Å². The minimum atomic E-state index is -0.906. The highest BCUT2D eigenvalue weighted by molar-refractivity contribution is 7.08. The molecule has 1 N–H and O–H groups in total. The SMILES string of the molecule is CN(CCC(Oc1cccc(C(=O)c2ccsc2)c1)c1ccc(F)cc1)CC(=O)O. The molecule has 0 aliphatic rings. The summed E-state index contributed by atoms with van der Waals surface area (Å²) in [6.07, 6.45) is 0.0753. The van der Waals surface area contributed by atoms with E-state index in [1.54, 1.807) is 59.8 Å². The van der Waals surface area contributed by atoms with Gasteiger partial charge in [0, 0.05) is 29.5 Å². The largest absolute Gasteiger partial charge is 0.486 e. The van der Waals surface area contributed by atoms with Crippen molar-refractivity contribution in [3.05, 3.63) is 87.9 Å². The molecule has 0 saturated heterocycles. The number of ether oxygens (including phenoxy) is 1. The van der Waals surface area contributed by atoms with Gasteiger partial charge in [-0.3, -0.25) is 14.5 Å². The second-order valence-corrected chi connectivity index (χ2v) is 7.73. The van der Waals surface area contributed by atoms with Crippen molar-refractivity contribution >= 4 is 23.1 Å². The maximum absolute atomic E-state index is 13.4. The van der Waals surface area contributed by atoms with Crippen LogP contribution in [0.4, 0.5) is 4.39 Å². The van der Waals surface area contributed by atoms with Gasteiger partial charge in [-0.25, -0.2) is 4.39 Å². The molecule has 1 atom stereocenters. The Morgan fingerprint density at radius 1 is 1.13 bits per heavy atom. The van der Waals surface area contributed by atoms with Crippen molar-refractivity contribution in [1.82, 2.24) is 4.90 Å². The Labute approximate surface area is 178 Å². The number of halogens is 1. The molecule has 2 aromatic carbocycles. The van der Waals surface area contributed by atoms with E-state index in [0.29, 0.717) is 29.8 Å². The van der Waals surface area contributed by atoms with Crippen molar-refractivity contribution in [3.63, 3.8) is 0 Å². The van der Waals surface area contributed by atoms with Crippen molar-refractivity contribution in [2.75, 3.05) is 20.1 Å². The first-order valence-corrected chi connectivity index (χ1v) is 10.4. The fraction of sp³-hybridized carbons (Fsp3) is 0.217. The molecule has 3 rings (SSSR count). The number of benzene rings is 2. The molecule has 7 heteroatoms. The summed E-state index contributed by atoms with van der Waals surface area (Å²) in [7, 11) is 1.72. The minimum Gasteiger partial charge on any atom is -0.486 e. The molecular weight excluding hydrogens is 405 g/mol. The van der Waals surface area contributed by atoms with Crippen LogP contribution in [0.15, 0.2) is 65.4 Å². The lowest BCUT2D eigenvalue weighted by atomic mass is 10.0. The Kier molecular flexibility index (Phi) is 7.32. The molecule has 1 heterocycles. The zero-order valence-electron chi connectivity index (χ0n) is 16.5. The quantitative estimate of drug-likeness (QED) is 0.477. The van der Waals surface area contributed by atoms with E-state index in [-0.39, 0.29) is 18.1 Å². The number of ketones is 1. The molecule has 0 bridgehead atoms. The number of hydrogen-bond acceptors (Lipinski definition) is 5. The minimum absolute atomic E-state index is 0.0822. The number of carbonyl (C=O) groups excluding carboxylic acids is 1. The first-order valence-electron chi connectivity index (χ1n) is 9.42. The standard InChI is InChI=1S/C23H22FNO4S/c1-25(14-22(26)27)11-9-21(16-5-7-19(24)8-6-16)29-20-4-2-3-17(13-20)23(28)18-10-12-30-15-18/h2-8,10,12-13,15,21H,9,11,14H2,1H3,(H,26,27). The zero-order valence-corrected chi connectivity index (χ0v) is 17.3. The first kappa shape index (κ1) is 21.7. The third kappa shape index (κ3) is 5.98. The van der Waals surface area contributed by atoms with E-state index in [1.807, 2.05) is 5.38 Å².